The first kappa shape index (κ1) is 14.1. The highest BCUT2D eigenvalue weighted by molar-refractivity contribution is 6.32. The van der Waals surface area contributed by atoms with Crippen LogP contribution in [0.2, 0.25) is 5.02 Å². The van der Waals surface area contributed by atoms with Crippen LogP contribution in [0.3, 0.4) is 0 Å². The topological polar surface area (TPSA) is 74.4 Å². The minimum Gasteiger partial charge on any atom is -0.465 e. The van der Waals surface area contributed by atoms with Crippen molar-refractivity contribution in [2.75, 3.05) is 12.8 Å². The molecule has 1 aromatic heterocycles. The molecule has 0 aliphatic rings. The van der Waals surface area contributed by atoms with Gasteiger partial charge in [-0.25, -0.2) is 9.78 Å². The molecule has 0 atom stereocenters. The highest BCUT2D eigenvalue weighted by Crippen LogP contribution is 2.31. The second-order valence-corrected chi connectivity index (χ2v) is 4.56. The van der Waals surface area contributed by atoms with Crippen molar-refractivity contribution >= 4 is 23.3 Å². The van der Waals surface area contributed by atoms with Crippen LogP contribution in [0.25, 0.3) is 0 Å². The maximum Gasteiger partial charge on any atom is 0.343 e. The van der Waals surface area contributed by atoms with E-state index in [2.05, 4.69) is 9.72 Å². The average molecular weight is 293 g/mol. The zero-order valence-corrected chi connectivity index (χ0v) is 11.8. The van der Waals surface area contributed by atoms with Crippen LogP contribution < -0.4 is 10.5 Å². The molecule has 2 aromatic rings. The maximum absolute atomic E-state index is 11.7. The quantitative estimate of drug-likeness (QED) is 0.879. The van der Waals surface area contributed by atoms with E-state index in [1.807, 2.05) is 13.0 Å². The number of aryl methyl sites for hydroxylation is 1. The third-order valence-corrected chi connectivity index (χ3v) is 2.88. The van der Waals surface area contributed by atoms with Gasteiger partial charge in [0.25, 0.3) is 0 Å². The van der Waals surface area contributed by atoms with Crippen molar-refractivity contribution in [3.05, 3.63) is 46.6 Å². The number of nitrogens with zero attached hydrogens (tertiary/aromatic N) is 1. The summed E-state index contributed by atoms with van der Waals surface area (Å²) >= 11 is 6.05. The number of hydrogen-bond donors (Lipinski definition) is 1. The van der Waals surface area contributed by atoms with Gasteiger partial charge >= 0.3 is 5.97 Å². The Hall–Kier alpha value is -2.27. The Kier molecular flexibility index (Phi) is 4.10. The van der Waals surface area contributed by atoms with E-state index < -0.39 is 5.97 Å². The number of carbonyl (C=O) groups excluding carboxylic acids is 1. The number of aromatic nitrogens is 1. The van der Waals surface area contributed by atoms with Crippen molar-refractivity contribution in [3.63, 3.8) is 0 Å². The lowest BCUT2D eigenvalue weighted by atomic mass is 10.2. The molecule has 5 nitrogen and oxygen atoms in total. The number of rotatable bonds is 3. The van der Waals surface area contributed by atoms with Gasteiger partial charge in [0.1, 0.15) is 11.3 Å². The third kappa shape index (κ3) is 3.00. The number of benzene rings is 1. The molecule has 20 heavy (non-hydrogen) atoms. The van der Waals surface area contributed by atoms with Crippen LogP contribution in [-0.2, 0) is 4.74 Å². The predicted molar refractivity (Wildman–Crippen MR) is 76.3 cm³/mol. The van der Waals surface area contributed by atoms with Crippen molar-refractivity contribution in [2.24, 2.45) is 0 Å². The molecule has 2 rings (SSSR count). The van der Waals surface area contributed by atoms with Gasteiger partial charge in [0.05, 0.1) is 24.0 Å². The molecular formula is C14H13ClN2O3. The number of ether oxygens (including phenoxy) is 2. The average Bonchev–Trinajstić information content (AvgIpc) is 2.43. The van der Waals surface area contributed by atoms with E-state index in [4.69, 9.17) is 22.1 Å². The SMILES string of the molecule is COC(=O)c1cc(N)cnc1Oc1cc(C)ccc1Cl. The summed E-state index contributed by atoms with van der Waals surface area (Å²) in [6, 6.07) is 6.76. The van der Waals surface area contributed by atoms with Crippen molar-refractivity contribution in [3.8, 4) is 11.6 Å². The van der Waals surface area contributed by atoms with Gasteiger partial charge < -0.3 is 15.2 Å². The summed E-state index contributed by atoms with van der Waals surface area (Å²) in [6.07, 6.45) is 1.39. The van der Waals surface area contributed by atoms with Crippen LogP contribution in [0, 0.1) is 6.92 Å². The van der Waals surface area contributed by atoms with Gasteiger partial charge in [-0.05, 0) is 30.7 Å². The van der Waals surface area contributed by atoms with Crippen LogP contribution in [0.5, 0.6) is 11.6 Å². The van der Waals surface area contributed by atoms with Gasteiger partial charge in [0.2, 0.25) is 5.88 Å². The van der Waals surface area contributed by atoms with Crippen molar-refractivity contribution in [1.82, 2.24) is 4.98 Å². The van der Waals surface area contributed by atoms with Gasteiger partial charge in [0.15, 0.2) is 0 Å². The normalized spacial score (nSPS) is 10.2. The number of anilines is 1. The monoisotopic (exact) mass is 292 g/mol. The van der Waals surface area contributed by atoms with E-state index in [0.717, 1.165) is 5.56 Å². The van der Waals surface area contributed by atoms with Gasteiger partial charge in [-0.2, -0.15) is 0 Å². The molecule has 1 aromatic carbocycles. The summed E-state index contributed by atoms with van der Waals surface area (Å²) in [7, 11) is 1.27. The fraction of sp³-hybridized carbons (Fsp3) is 0.143. The van der Waals surface area contributed by atoms with Gasteiger partial charge in [-0.15, -0.1) is 0 Å². The Morgan fingerprint density at radius 3 is 2.80 bits per heavy atom. The third-order valence-electron chi connectivity index (χ3n) is 2.57. The molecule has 0 radical (unpaired) electrons. The number of esters is 1. The van der Waals surface area contributed by atoms with Gasteiger partial charge in [-0.3, -0.25) is 0 Å². The molecule has 2 N–H and O–H groups in total. The summed E-state index contributed by atoms with van der Waals surface area (Å²) in [5, 5.41) is 0.421. The first-order valence-corrected chi connectivity index (χ1v) is 6.17. The highest BCUT2D eigenvalue weighted by atomic mass is 35.5. The van der Waals surface area contributed by atoms with Crippen LogP contribution in [0.4, 0.5) is 5.69 Å². The molecule has 0 saturated carbocycles. The molecule has 6 heteroatoms. The van der Waals surface area contributed by atoms with E-state index in [9.17, 15) is 4.79 Å². The molecule has 104 valence electrons. The molecule has 0 spiro atoms. The van der Waals surface area contributed by atoms with E-state index >= 15 is 0 Å². The zero-order valence-electron chi connectivity index (χ0n) is 11.0. The van der Waals surface area contributed by atoms with E-state index in [-0.39, 0.29) is 11.4 Å². The van der Waals surface area contributed by atoms with E-state index in [1.54, 1.807) is 12.1 Å². The predicted octanol–water partition coefficient (Wildman–Crippen LogP) is 3.20. The second-order valence-electron chi connectivity index (χ2n) is 4.15. The zero-order chi connectivity index (χ0) is 14.7. The molecule has 0 fully saturated rings. The lowest BCUT2D eigenvalue weighted by molar-refractivity contribution is 0.0597. The second kappa shape index (κ2) is 5.79. The first-order valence-electron chi connectivity index (χ1n) is 5.79. The summed E-state index contributed by atoms with van der Waals surface area (Å²) in [4.78, 5) is 15.7. The fourth-order valence-electron chi connectivity index (χ4n) is 1.60. The van der Waals surface area contributed by atoms with E-state index in [1.165, 1.54) is 19.4 Å². The molecule has 0 aliphatic carbocycles. The number of pyridine rings is 1. The number of halogens is 1. The van der Waals surface area contributed by atoms with Crippen molar-refractivity contribution in [1.29, 1.82) is 0 Å². The van der Waals surface area contributed by atoms with Crippen LogP contribution >= 0.6 is 11.6 Å². The molecule has 0 bridgehead atoms. The molecular weight excluding hydrogens is 280 g/mol. The van der Waals surface area contributed by atoms with Crippen LogP contribution in [0.1, 0.15) is 15.9 Å². The molecule has 0 aliphatic heterocycles. The smallest absolute Gasteiger partial charge is 0.343 e. The lowest BCUT2D eigenvalue weighted by Gasteiger charge is -2.11. The standard InChI is InChI=1S/C14H13ClN2O3/c1-8-3-4-11(15)12(5-8)20-13-10(14(18)19-2)6-9(16)7-17-13/h3-7H,16H2,1-2H3. The summed E-state index contributed by atoms with van der Waals surface area (Å²) in [5.74, 6) is -0.0729. The molecule has 0 saturated heterocycles. The summed E-state index contributed by atoms with van der Waals surface area (Å²) in [6.45, 7) is 1.90. The Bertz CT molecular complexity index is 659. The Morgan fingerprint density at radius 2 is 2.10 bits per heavy atom. The number of nitrogen functional groups attached to an aromatic ring is 1. The van der Waals surface area contributed by atoms with Gasteiger partial charge in [-0.1, -0.05) is 17.7 Å². The van der Waals surface area contributed by atoms with Crippen molar-refractivity contribution < 1.29 is 14.3 Å². The highest BCUT2D eigenvalue weighted by Gasteiger charge is 2.17. The van der Waals surface area contributed by atoms with Crippen LogP contribution in [0.15, 0.2) is 30.5 Å². The number of nitrogens with two attached hydrogens (primary N) is 1. The lowest BCUT2D eigenvalue weighted by Crippen LogP contribution is -2.06. The minimum absolute atomic E-state index is 0.0959. The minimum atomic E-state index is -0.580. The van der Waals surface area contributed by atoms with Gasteiger partial charge in [0, 0.05) is 0 Å². The summed E-state index contributed by atoms with van der Waals surface area (Å²) < 4.78 is 10.3. The number of hydrogen-bond acceptors (Lipinski definition) is 5. The molecule has 0 amide bonds. The number of carbonyl (C=O) groups is 1. The van der Waals surface area contributed by atoms with E-state index in [0.29, 0.717) is 16.5 Å². The Labute approximate surface area is 121 Å². The Morgan fingerprint density at radius 1 is 1.35 bits per heavy atom. The van der Waals surface area contributed by atoms with Crippen LogP contribution in [-0.4, -0.2) is 18.1 Å². The van der Waals surface area contributed by atoms with Crippen molar-refractivity contribution in [2.45, 2.75) is 6.92 Å². The molecule has 1 heterocycles. The molecule has 0 unspecified atom stereocenters. The maximum atomic E-state index is 11.7. The first-order chi connectivity index (χ1) is 9.51. The number of methoxy groups -OCH3 is 1. The summed E-state index contributed by atoms with van der Waals surface area (Å²) in [5.41, 5.74) is 7.07. The fourth-order valence-corrected chi connectivity index (χ4v) is 1.75. The largest absolute Gasteiger partial charge is 0.465 e. The Balaban J connectivity index is 2.43.